The number of benzene rings is 1. The van der Waals surface area contributed by atoms with Crippen molar-refractivity contribution < 1.29 is 4.39 Å². The molecule has 0 aliphatic heterocycles. The van der Waals surface area contributed by atoms with Crippen molar-refractivity contribution in [2.75, 3.05) is 5.32 Å². The Morgan fingerprint density at radius 3 is 2.71 bits per heavy atom. The molecule has 1 aromatic heterocycles. The van der Waals surface area contributed by atoms with Gasteiger partial charge in [0.15, 0.2) is 5.69 Å². The topological polar surface area (TPSA) is 61.6 Å². The van der Waals surface area contributed by atoms with Crippen LogP contribution < -0.4 is 5.32 Å². The fraction of sp³-hybridized carbons (Fsp3) is 0. The van der Waals surface area contributed by atoms with Gasteiger partial charge in [-0.3, -0.25) is 0 Å². The zero-order valence-electron chi connectivity index (χ0n) is 8.48. The van der Waals surface area contributed by atoms with Gasteiger partial charge in [0.25, 0.3) is 0 Å². The Morgan fingerprint density at radius 2 is 2.12 bits per heavy atom. The summed E-state index contributed by atoms with van der Waals surface area (Å²) in [5.41, 5.74) is 0.996. The monoisotopic (exact) mass is 340 g/mol. The molecular formula is C11H6FIN4. The van der Waals surface area contributed by atoms with Crippen LogP contribution in [0.15, 0.2) is 30.6 Å². The molecule has 0 aliphatic carbocycles. The van der Waals surface area contributed by atoms with E-state index in [1.807, 2.05) is 28.7 Å². The average Bonchev–Trinajstić information content (AvgIpc) is 2.34. The first-order chi connectivity index (χ1) is 8.19. The minimum atomic E-state index is -0.286. The second-order valence-corrected chi connectivity index (χ2v) is 4.31. The van der Waals surface area contributed by atoms with E-state index in [-0.39, 0.29) is 11.5 Å². The first kappa shape index (κ1) is 11.7. The van der Waals surface area contributed by atoms with E-state index in [4.69, 9.17) is 5.26 Å². The van der Waals surface area contributed by atoms with Crippen molar-refractivity contribution >= 4 is 34.1 Å². The van der Waals surface area contributed by atoms with E-state index in [2.05, 4.69) is 15.3 Å². The number of nitrogens with zero attached hydrogens (tertiary/aromatic N) is 3. The van der Waals surface area contributed by atoms with Crippen LogP contribution in [0.3, 0.4) is 0 Å². The Kier molecular flexibility index (Phi) is 3.49. The zero-order chi connectivity index (χ0) is 12.3. The van der Waals surface area contributed by atoms with E-state index >= 15 is 0 Å². The molecule has 1 heterocycles. The molecule has 1 aromatic carbocycles. The third-order valence-electron chi connectivity index (χ3n) is 1.96. The highest BCUT2D eigenvalue weighted by Crippen LogP contribution is 2.21. The largest absolute Gasteiger partial charge is 0.338 e. The lowest BCUT2D eigenvalue weighted by Gasteiger charge is -2.07. The molecule has 0 unspecified atom stereocenters. The molecule has 2 aromatic rings. The van der Waals surface area contributed by atoms with Gasteiger partial charge >= 0.3 is 0 Å². The van der Waals surface area contributed by atoms with Crippen LogP contribution in [0.1, 0.15) is 5.69 Å². The molecule has 0 bridgehead atoms. The summed E-state index contributed by atoms with van der Waals surface area (Å²) in [6.07, 6.45) is 2.83. The lowest BCUT2D eigenvalue weighted by atomic mass is 10.3. The van der Waals surface area contributed by atoms with Crippen LogP contribution in [0.5, 0.6) is 0 Å². The fourth-order valence-electron chi connectivity index (χ4n) is 1.18. The Hall–Kier alpha value is -1.75. The Bertz CT molecular complexity index is 577. The minimum Gasteiger partial charge on any atom is -0.338 e. The highest BCUT2D eigenvalue weighted by atomic mass is 127. The molecule has 17 heavy (non-hydrogen) atoms. The average molecular weight is 340 g/mol. The second-order valence-electron chi connectivity index (χ2n) is 3.15. The molecule has 0 atom stereocenters. The molecule has 6 heteroatoms. The number of rotatable bonds is 2. The molecule has 84 valence electrons. The van der Waals surface area contributed by atoms with Crippen LogP contribution in [0.25, 0.3) is 0 Å². The van der Waals surface area contributed by atoms with Crippen LogP contribution in [0, 0.1) is 20.7 Å². The summed E-state index contributed by atoms with van der Waals surface area (Å²) in [5.74, 6) is 0.222. The van der Waals surface area contributed by atoms with Crippen molar-refractivity contribution in [2.24, 2.45) is 0 Å². The van der Waals surface area contributed by atoms with Gasteiger partial charge in [0.1, 0.15) is 17.7 Å². The Labute approximate surface area is 111 Å². The highest BCUT2D eigenvalue weighted by Gasteiger charge is 2.03. The summed E-state index contributed by atoms with van der Waals surface area (Å²) >= 11 is 2.02. The molecule has 0 amide bonds. The van der Waals surface area contributed by atoms with E-state index in [1.54, 1.807) is 6.07 Å². The van der Waals surface area contributed by atoms with Crippen molar-refractivity contribution in [3.63, 3.8) is 0 Å². The fourth-order valence-corrected chi connectivity index (χ4v) is 1.79. The summed E-state index contributed by atoms with van der Waals surface area (Å²) in [7, 11) is 0. The molecule has 0 spiro atoms. The number of anilines is 2. The Balaban J connectivity index is 2.23. The maximum Gasteiger partial charge on any atom is 0.158 e. The lowest BCUT2D eigenvalue weighted by molar-refractivity contribution is 0.627. The zero-order valence-corrected chi connectivity index (χ0v) is 10.6. The van der Waals surface area contributed by atoms with E-state index in [0.29, 0.717) is 5.82 Å². The molecule has 0 aliphatic rings. The molecule has 2 rings (SSSR count). The number of hydrogen-bond acceptors (Lipinski definition) is 4. The maximum absolute atomic E-state index is 12.9. The summed E-state index contributed by atoms with van der Waals surface area (Å²) in [6.45, 7) is 0. The summed E-state index contributed by atoms with van der Waals surface area (Å²) in [4.78, 5) is 7.89. The van der Waals surface area contributed by atoms with Gasteiger partial charge in [-0.05, 0) is 40.8 Å². The summed E-state index contributed by atoms with van der Waals surface area (Å²) in [6, 6.07) is 6.29. The highest BCUT2D eigenvalue weighted by molar-refractivity contribution is 14.1. The normalized spacial score (nSPS) is 9.71. The molecule has 0 radical (unpaired) electrons. The van der Waals surface area contributed by atoms with Crippen LogP contribution >= 0.6 is 22.6 Å². The maximum atomic E-state index is 12.9. The molecule has 0 fully saturated rings. The number of hydrogen-bond donors (Lipinski definition) is 1. The first-order valence-electron chi connectivity index (χ1n) is 4.63. The number of nitriles is 1. The van der Waals surface area contributed by atoms with Gasteiger partial charge in [-0.15, -0.1) is 0 Å². The quantitative estimate of drug-likeness (QED) is 0.854. The van der Waals surface area contributed by atoms with Crippen LogP contribution in [0.2, 0.25) is 0 Å². The van der Waals surface area contributed by atoms with Gasteiger partial charge in [0.2, 0.25) is 0 Å². The third-order valence-corrected chi connectivity index (χ3v) is 2.85. The molecule has 1 N–H and O–H groups in total. The van der Waals surface area contributed by atoms with Gasteiger partial charge in [0.05, 0.1) is 18.1 Å². The van der Waals surface area contributed by atoms with Gasteiger partial charge < -0.3 is 5.32 Å². The van der Waals surface area contributed by atoms with Crippen LogP contribution in [-0.2, 0) is 0 Å². The van der Waals surface area contributed by atoms with E-state index < -0.39 is 0 Å². The smallest absolute Gasteiger partial charge is 0.158 e. The van der Waals surface area contributed by atoms with Gasteiger partial charge in [0, 0.05) is 3.57 Å². The van der Waals surface area contributed by atoms with Crippen molar-refractivity contribution in [1.29, 1.82) is 5.26 Å². The Morgan fingerprint density at radius 1 is 1.29 bits per heavy atom. The van der Waals surface area contributed by atoms with Gasteiger partial charge in [-0.25, -0.2) is 14.4 Å². The summed E-state index contributed by atoms with van der Waals surface area (Å²) < 4.78 is 13.6. The van der Waals surface area contributed by atoms with Crippen molar-refractivity contribution in [3.05, 3.63) is 45.7 Å². The molecule has 0 saturated heterocycles. The predicted molar refractivity (Wildman–Crippen MR) is 69.1 cm³/mol. The summed E-state index contributed by atoms with van der Waals surface area (Å²) in [5, 5.41) is 11.6. The van der Waals surface area contributed by atoms with Gasteiger partial charge in [-0.2, -0.15) is 5.26 Å². The minimum absolute atomic E-state index is 0.254. The van der Waals surface area contributed by atoms with Gasteiger partial charge in [-0.1, -0.05) is 0 Å². The SMILES string of the molecule is N#Cc1cnc(Nc2ccc(F)cc2I)cn1. The number of aromatic nitrogens is 2. The van der Waals surface area contributed by atoms with Crippen molar-refractivity contribution in [3.8, 4) is 6.07 Å². The first-order valence-corrected chi connectivity index (χ1v) is 5.71. The third kappa shape index (κ3) is 2.88. The van der Waals surface area contributed by atoms with Crippen molar-refractivity contribution in [2.45, 2.75) is 0 Å². The van der Waals surface area contributed by atoms with E-state index in [1.165, 1.54) is 24.5 Å². The molecule has 0 saturated carbocycles. The lowest BCUT2D eigenvalue weighted by Crippen LogP contribution is -1.97. The molecule has 4 nitrogen and oxygen atoms in total. The van der Waals surface area contributed by atoms with Crippen molar-refractivity contribution in [1.82, 2.24) is 9.97 Å². The standard InChI is InChI=1S/C11H6FIN4/c12-7-1-2-10(9(13)3-7)17-11-6-15-8(4-14)5-16-11/h1-3,5-6H,(H,16,17). The molecular weight excluding hydrogens is 334 g/mol. The predicted octanol–water partition coefficient (Wildman–Crippen LogP) is 2.84. The van der Waals surface area contributed by atoms with Crippen LogP contribution in [0.4, 0.5) is 15.9 Å². The van der Waals surface area contributed by atoms with E-state index in [0.717, 1.165) is 9.26 Å². The second kappa shape index (κ2) is 5.05. The number of halogens is 2. The number of nitrogens with one attached hydrogen (secondary N) is 1. The van der Waals surface area contributed by atoms with E-state index in [9.17, 15) is 4.39 Å². The van der Waals surface area contributed by atoms with Crippen LogP contribution in [-0.4, -0.2) is 9.97 Å².